The first-order valence-corrected chi connectivity index (χ1v) is 6.60. The van der Waals surface area contributed by atoms with Crippen LogP contribution in [0.15, 0.2) is 0 Å². The smallest absolute Gasteiger partial charge is 0.205 e. The zero-order valence-electron chi connectivity index (χ0n) is 10.0. The number of nitrogens with zero attached hydrogens (tertiary/aromatic N) is 2. The van der Waals surface area contributed by atoms with Gasteiger partial charge in [0.1, 0.15) is 5.01 Å². The van der Waals surface area contributed by atoms with Gasteiger partial charge >= 0.3 is 0 Å². The number of nitrogens with one attached hydrogen (secondary N) is 1. The lowest BCUT2D eigenvalue weighted by molar-refractivity contribution is -0.0919. The molecule has 1 aromatic rings. The van der Waals surface area contributed by atoms with Crippen molar-refractivity contribution < 1.29 is 5.11 Å². The van der Waals surface area contributed by atoms with E-state index in [9.17, 15) is 5.11 Å². The van der Waals surface area contributed by atoms with Gasteiger partial charge in [-0.15, -0.1) is 10.2 Å². The Morgan fingerprint density at radius 1 is 1.50 bits per heavy atom. The SMILES string of the molecule is CCc1nnc(NC[C@@H]2C[C@H](O)C2(C)C)s1. The van der Waals surface area contributed by atoms with Gasteiger partial charge in [0.15, 0.2) is 0 Å². The van der Waals surface area contributed by atoms with Gasteiger partial charge in [0.2, 0.25) is 5.13 Å². The Hall–Kier alpha value is -0.680. The lowest BCUT2D eigenvalue weighted by Gasteiger charge is -2.49. The summed E-state index contributed by atoms with van der Waals surface area (Å²) >= 11 is 1.61. The second-order valence-corrected chi connectivity index (χ2v) is 6.07. The molecule has 4 nitrogen and oxygen atoms in total. The van der Waals surface area contributed by atoms with Crippen molar-refractivity contribution in [3.05, 3.63) is 5.01 Å². The highest BCUT2D eigenvalue weighted by molar-refractivity contribution is 7.15. The average molecular weight is 241 g/mol. The Bertz CT molecular complexity index is 364. The summed E-state index contributed by atoms with van der Waals surface area (Å²) in [6.45, 7) is 7.19. The summed E-state index contributed by atoms with van der Waals surface area (Å²) in [5.74, 6) is 0.525. The van der Waals surface area contributed by atoms with Crippen molar-refractivity contribution in [2.75, 3.05) is 11.9 Å². The van der Waals surface area contributed by atoms with E-state index < -0.39 is 0 Å². The predicted octanol–water partition coefficient (Wildman–Crippen LogP) is 1.92. The van der Waals surface area contributed by atoms with E-state index in [1.807, 2.05) is 0 Å². The molecule has 1 aliphatic rings. The number of aromatic nitrogens is 2. The lowest BCUT2D eigenvalue weighted by Crippen LogP contribution is -2.51. The van der Waals surface area contributed by atoms with Crippen LogP contribution >= 0.6 is 11.3 Å². The van der Waals surface area contributed by atoms with Crippen molar-refractivity contribution in [1.29, 1.82) is 0 Å². The molecule has 1 aromatic heterocycles. The summed E-state index contributed by atoms with van der Waals surface area (Å²) in [7, 11) is 0. The van der Waals surface area contributed by atoms with Gasteiger partial charge in [0, 0.05) is 6.54 Å². The standard InChI is InChI=1S/C11H19N3OS/c1-4-9-13-14-10(16-9)12-6-7-5-8(15)11(7,2)3/h7-8,15H,4-6H2,1-3H3,(H,12,14)/t7-,8-/m0/s1. The van der Waals surface area contributed by atoms with Crippen LogP contribution in [0.25, 0.3) is 0 Å². The Kier molecular flexibility index (Phi) is 3.17. The third-order valence-electron chi connectivity index (χ3n) is 3.69. The maximum Gasteiger partial charge on any atom is 0.205 e. The van der Waals surface area contributed by atoms with E-state index in [1.54, 1.807) is 11.3 Å². The van der Waals surface area contributed by atoms with Gasteiger partial charge in [-0.3, -0.25) is 0 Å². The number of anilines is 1. The van der Waals surface area contributed by atoms with Crippen LogP contribution < -0.4 is 5.32 Å². The molecular formula is C11H19N3OS. The Balaban J connectivity index is 1.84. The third-order valence-corrected chi connectivity index (χ3v) is 4.71. The Labute approximate surface area is 100 Å². The van der Waals surface area contributed by atoms with E-state index in [1.165, 1.54) is 0 Å². The van der Waals surface area contributed by atoms with Gasteiger partial charge in [-0.25, -0.2) is 0 Å². The molecule has 2 atom stereocenters. The van der Waals surface area contributed by atoms with Gasteiger partial charge in [-0.2, -0.15) is 0 Å². The van der Waals surface area contributed by atoms with E-state index in [0.717, 1.165) is 29.5 Å². The first kappa shape index (κ1) is 11.8. The Morgan fingerprint density at radius 2 is 2.25 bits per heavy atom. The summed E-state index contributed by atoms with van der Waals surface area (Å²) in [5.41, 5.74) is 0.0330. The van der Waals surface area contributed by atoms with Crippen LogP contribution in [0, 0.1) is 11.3 Å². The molecule has 5 heteroatoms. The quantitative estimate of drug-likeness (QED) is 0.845. The molecule has 0 aromatic carbocycles. The zero-order chi connectivity index (χ0) is 11.8. The molecular weight excluding hydrogens is 222 g/mol. The van der Waals surface area contributed by atoms with Crippen LogP contribution in [0.1, 0.15) is 32.2 Å². The largest absolute Gasteiger partial charge is 0.393 e. The molecule has 0 amide bonds. The second-order valence-electron chi connectivity index (χ2n) is 5.01. The lowest BCUT2D eigenvalue weighted by atomic mass is 9.60. The minimum atomic E-state index is -0.153. The third kappa shape index (κ3) is 2.06. The van der Waals surface area contributed by atoms with E-state index >= 15 is 0 Å². The second kappa shape index (κ2) is 4.30. The van der Waals surface area contributed by atoms with Gasteiger partial charge in [-0.1, -0.05) is 32.1 Å². The normalized spacial score (nSPS) is 27.5. The number of hydrogen-bond acceptors (Lipinski definition) is 5. The van der Waals surface area contributed by atoms with Gasteiger partial charge in [0.25, 0.3) is 0 Å². The summed E-state index contributed by atoms with van der Waals surface area (Å²) in [6, 6.07) is 0. The van der Waals surface area contributed by atoms with E-state index in [2.05, 4.69) is 36.3 Å². The van der Waals surface area contributed by atoms with Crippen LogP contribution in [0.5, 0.6) is 0 Å². The molecule has 0 unspecified atom stereocenters. The highest BCUT2D eigenvalue weighted by Gasteiger charge is 2.46. The molecule has 0 aliphatic heterocycles. The van der Waals surface area contributed by atoms with E-state index in [-0.39, 0.29) is 11.5 Å². The fourth-order valence-electron chi connectivity index (χ4n) is 2.01. The summed E-state index contributed by atoms with van der Waals surface area (Å²) in [4.78, 5) is 0. The monoisotopic (exact) mass is 241 g/mol. The minimum Gasteiger partial charge on any atom is -0.393 e. The van der Waals surface area contributed by atoms with Crippen LogP contribution in [0.2, 0.25) is 0 Å². The number of aryl methyl sites for hydroxylation is 1. The van der Waals surface area contributed by atoms with Crippen LogP contribution in [0.4, 0.5) is 5.13 Å². The Morgan fingerprint density at radius 3 is 2.75 bits per heavy atom. The van der Waals surface area contributed by atoms with Crippen molar-refractivity contribution in [2.45, 2.75) is 39.7 Å². The molecule has 90 valence electrons. The highest BCUT2D eigenvalue weighted by Crippen LogP contribution is 2.46. The number of hydrogen-bond donors (Lipinski definition) is 2. The molecule has 2 N–H and O–H groups in total. The van der Waals surface area contributed by atoms with Gasteiger partial charge in [-0.05, 0) is 24.2 Å². The summed E-state index contributed by atoms with van der Waals surface area (Å²) in [6.07, 6.45) is 1.67. The first-order chi connectivity index (χ1) is 7.54. The maximum absolute atomic E-state index is 9.63. The number of aliphatic hydroxyl groups is 1. The number of aliphatic hydroxyl groups excluding tert-OH is 1. The molecule has 1 aliphatic carbocycles. The van der Waals surface area contributed by atoms with Crippen LogP contribution in [-0.2, 0) is 6.42 Å². The van der Waals surface area contributed by atoms with Crippen LogP contribution in [0.3, 0.4) is 0 Å². The van der Waals surface area contributed by atoms with Crippen molar-refractivity contribution in [1.82, 2.24) is 10.2 Å². The number of rotatable bonds is 4. The molecule has 2 rings (SSSR count). The topological polar surface area (TPSA) is 58.0 Å². The first-order valence-electron chi connectivity index (χ1n) is 5.78. The zero-order valence-corrected chi connectivity index (χ0v) is 10.8. The van der Waals surface area contributed by atoms with Crippen molar-refractivity contribution in [3.8, 4) is 0 Å². The van der Waals surface area contributed by atoms with Crippen molar-refractivity contribution in [2.24, 2.45) is 11.3 Å². The van der Waals surface area contributed by atoms with Crippen molar-refractivity contribution >= 4 is 16.5 Å². The van der Waals surface area contributed by atoms with Crippen molar-refractivity contribution in [3.63, 3.8) is 0 Å². The van der Waals surface area contributed by atoms with Gasteiger partial charge in [0.05, 0.1) is 6.10 Å². The molecule has 0 spiro atoms. The molecule has 1 fully saturated rings. The molecule has 0 saturated heterocycles. The molecule has 16 heavy (non-hydrogen) atoms. The molecule has 1 saturated carbocycles. The summed E-state index contributed by atoms with van der Waals surface area (Å²) < 4.78 is 0. The maximum atomic E-state index is 9.63. The molecule has 0 radical (unpaired) electrons. The van der Waals surface area contributed by atoms with E-state index in [4.69, 9.17) is 0 Å². The fraction of sp³-hybridized carbons (Fsp3) is 0.818. The van der Waals surface area contributed by atoms with E-state index in [0.29, 0.717) is 5.92 Å². The fourth-order valence-corrected chi connectivity index (χ4v) is 2.70. The molecule has 0 bridgehead atoms. The molecule has 1 heterocycles. The average Bonchev–Trinajstić information content (AvgIpc) is 2.71. The highest BCUT2D eigenvalue weighted by atomic mass is 32.1. The summed E-state index contributed by atoms with van der Waals surface area (Å²) in [5, 5.41) is 23.0. The van der Waals surface area contributed by atoms with Gasteiger partial charge < -0.3 is 10.4 Å². The predicted molar refractivity (Wildman–Crippen MR) is 65.7 cm³/mol. The van der Waals surface area contributed by atoms with Crippen LogP contribution in [-0.4, -0.2) is 28.0 Å². The minimum absolute atomic E-state index is 0.0330.